The molecule has 0 spiro atoms. The monoisotopic (exact) mass is 520 g/mol. The van der Waals surface area contributed by atoms with Gasteiger partial charge in [0.15, 0.2) is 11.0 Å². The topological polar surface area (TPSA) is 62.6 Å². The van der Waals surface area contributed by atoms with Crippen molar-refractivity contribution in [2.24, 2.45) is 0 Å². The van der Waals surface area contributed by atoms with E-state index in [4.69, 9.17) is 4.42 Å². The lowest BCUT2D eigenvalue weighted by molar-refractivity contribution is -0.137. The summed E-state index contributed by atoms with van der Waals surface area (Å²) in [7, 11) is 0. The molecule has 0 aliphatic carbocycles. The van der Waals surface area contributed by atoms with E-state index in [2.05, 4.69) is 16.3 Å². The minimum atomic E-state index is -4.54. The maximum Gasteiger partial charge on any atom is 0.416 e. The van der Waals surface area contributed by atoms with Gasteiger partial charge in [0, 0.05) is 23.9 Å². The van der Waals surface area contributed by atoms with Crippen LogP contribution < -0.4 is 10.7 Å². The molecule has 1 aromatic heterocycles. The van der Waals surface area contributed by atoms with Crippen molar-refractivity contribution in [3.05, 3.63) is 99.2 Å². The van der Waals surface area contributed by atoms with Crippen LogP contribution in [-0.2, 0) is 19.1 Å². The van der Waals surface area contributed by atoms with Crippen LogP contribution in [0.4, 0.5) is 18.9 Å². The van der Waals surface area contributed by atoms with Crippen LogP contribution >= 0.6 is 0 Å². The van der Waals surface area contributed by atoms with E-state index >= 15 is 0 Å². The molecule has 196 valence electrons. The third-order valence-corrected chi connectivity index (χ3v) is 6.94. The van der Waals surface area contributed by atoms with Crippen molar-refractivity contribution in [2.75, 3.05) is 18.4 Å². The molecule has 1 saturated heterocycles. The largest absolute Gasteiger partial charge is 0.455 e. The SMILES string of the molecule is CCc1c(CN2CCCC2)cccc1NC(=O)c1cccc2c(=O)cc(-c3cccc(C(F)(F)F)c3)oc12. The molecule has 0 atom stereocenters. The first-order chi connectivity index (χ1) is 18.2. The zero-order valence-corrected chi connectivity index (χ0v) is 20.9. The van der Waals surface area contributed by atoms with Crippen LogP contribution in [-0.4, -0.2) is 23.9 Å². The lowest BCUT2D eigenvalue weighted by atomic mass is 10.0. The quantitative estimate of drug-likeness (QED) is 0.301. The maximum absolute atomic E-state index is 13.5. The predicted octanol–water partition coefficient (Wildman–Crippen LogP) is 6.89. The standard InChI is InChI=1S/C30H27F3N2O3/c1-2-22-20(18-35-14-3-4-15-35)9-6-13-25(22)34-29(37)24-12-7-11-23-26(36)17-27(38-28(23)24)19-8-5-10-21(16-19)30(31,32)33/h5-13,16-17H,2-4,14-15,18H2,1H3,(H,34,37). The van der Waals surface area contributed by atoms with E-state index < -0.39 is 23.1 Å². The van der Waals surface area contributed by atoms with Gasteiger partial charge < -0.3 is 9.73 Å². The predicted molar refractivity (Wildman–Crippen MR) is 141 cm³/mol. The molecule has 1 aliphatic rings. The number of hydrogen-bond donors (Lipinski definition) is 1. The Balaban J connectivity index is 1.51. The van der Waals surface area contributed by atoms with Gasteiger partial charge in [-0.25, -0.2) is 0 Å². The lowest BCUT2D eigenvalue weighted by Gasteiger charge is -2.19. The molecule has 38 heavy (non-hydrogen) atoms. The Morgan fingerprint density at radius 2 is 1.74 bits per heavy atom. The lowest BCUT2D eigenvalue weighted by Crippen LogP contribution is -2.20. The molecule has 0 unspecified atom stereocenters. The second-order valence-corrected chi connectivity index (χ2v) is 9.47. The van der Waals surface area contributed by atoms with E-state index in [1.54, 1.807) is 6.07 Å². The highest BCUT2D eigenvalue weighted by Gasteiger charge is 2.30. The molecule has 5 nitrogen and oxygen atoms in total. The van der Waals surface area contributed by atoms with Gasteiger partial charge in [-0.05, 0) is 73.8 Å². The van der Waals surface area contributed by atoms with Gasteiger partial charge in [-0.3, -0.25) is 14.5 Å². The highest BCUT2D eigenvalue weighted by Crippen LogP contribution is 2.33. The van der Waals surface area contributed by atoms with Gasteiger partial charge in [0.1, 0.15) is 5.76 Å². The number of likely N-dealkylation sites (tertiary alicyclic amines) is 1. The number of carbonyl (C=O) groups excluding carboxylic acids is 1. The van der Waals surface area contributed by atoms with Gasteiger partial charge in [0.25, 0.3) is 5.91 Å². The summed E-state index contributed by atoms with van der Waals surface area (Å²) in [4.78, 5) is 28.7. The second kappa shape index (κ2) is 10.5. The van der Waals surface area contributed by atoms with Crippen molar-refractivity contribution in [3.8, 4) is 11.3 Å². The van der Waals surface area contributed by atoms with E-state index in [1.807, 2.05) is 19.1 Å². The van der Waals surface area contributed by atoms with Gasteiger partial charge in [-0.15, -0.1) is 0 Å². The van der Waals surface area contributed by atoms with Crippen molar-refractivity contribution >= 4 is 22.6 Å². The highest BCUT2D eigenvalue weighted by molar-refractivity contribution is 6.11. The molecule has 1 aliphatic heterocycles. The number of nitrogens with one attached hydrogen (secondary N) is 1. The van der Waals surface area contributed by atoms with E-state index in [9.17, 15) is 22.8 Å². The van der Waals surface area contributed by atoms with Gasteiger partial charge in [-0.1, -0.05) is 37.3 Å². The number of alkyl halides is 3. The molecule has 1 amide bonds. The van der Waals surface area contributed by atoms with E-state index in [0.29, 0.717) is 5.69 Å². The first-order valence-corrected chi connectivity index (χ1v) is 12.6. The molecular weight excluding hydrogens is 493 g/mol. The van der Waals surface area contributed by atoms with Crippen molar-refractivity contribution in [1.29, 1.82) is 0 Å². The normalized spacial score (nSPS) is 14.2. The van der Waals surface area contributed by atoms with Gasteiger partial charge in [-0.2, -0.15) is 13.2 Å². The number of hydrogen-bond acceptors (Lipinski definition) is 4. The van der Waals surface area contributed by atoms with Crippen LogP contribution in [0.3, 0.4) is 0 Å². The average Bonchev–Trinajstić information content (AvgIpc) is 3.41. The molecule has 0 saturated carbocycles. The number of fused-ring (bicyclic) bond motifs is 1. The molecule has 0 radical (unpaired) electrons. The number of nitrogens with zero attached hydrogens (tertiary/aromatic N) is 1. The summed E-state index contributed by atoms with van der Waals surface area (Å²) in [5.74, 6) is -0.510. The van der Waals surface area contributed by atoms with Crippen LogP contribution in [0.1, 0.15) is 46.8 Å². The van der Waals surface area contributed by atoms with E-state index in [0.717, 1.165) is 55.4 Å². The summed E-state index contributed by atoms with van der Waals surface area (Å²) in [5.41, 5.74) is 1.82. The minimum absolute atomic E-state index is 0.0242. The molecule has 2 heterocycles. The Morgan fingerprint density at radius 3 is 2.47 bits per heavy atom. The summed E-state index contributed by atoms with van der Waals surface area (Å²) in [5, 5.41) is 3.15. The number of para-hydroxylation sites is 1. The first kappa shape index (κ1) is 25.7. The molecule has 0 bridgehead atoms. The molecular formula is C30H27F3N2O3. The fraction of sp³-hybridized carbons (Fsp3) is 0.267. The van der Waals surface area contributed by atoms with Crippen LogP contribution in [0.15, 0.2) is 75.9 Å². The molecule has 1 fully saturated rings. The number of halogens is 3. The zero-order chi connectivity index (χ0) is 26.9. The third-order valence-electron chi connectivity index (χ3n) is 6.94. The summed E-state index contributed by atoms with van der Waals surface area (Å²) in [6, 6.07) is 16.2. The van der Waals surface area contributed by atoms with Crippen molar-refractivity contribution in [3.63, 3.8) is 0 Å². The number of anilines is 1. The Morgan fingerprint density at radius 1 is 1.00 bits per heavy atom. The fourth-order valence-corrected chi connectivity index (χ4v) is 5.04. The van der Waals surface area contributed by atoms with Crippen molar-refractivity contribution in [2.45, 2.75) is 38.9 Å². The number of carbonyl (C=O) groups is 1. The molecule has 4 aromatic rings. The Hall–Kier alpha value is -3.91. The zero-order valence-electron chi connectivity index (χ0n) is 20.9. The molecule has 3 aromatic carbocycles. The summed E-state index contributed by atoms with van der Waals surface area (Å²) >= 11 is 0. The smallest absolute Gasteiger partial charge is 0.416 e. The number of rotatable bonds is 6. The highest BCUT2D eigenvalue weighted by atomic mass is 19.4. The van der Waals surface area contributed by atoms with Crippen LogP contribution in [0.25, 0.3) is 22.3 Å². The summed E-state index contributed by atoms with van der Waals surface area (Å²) < 4.78 is 45.7. The average molecular weight is 521 g/mol. The third kappa shape index (κ3) is 5.22. The van der Waals surface area contributed by atoms with Crippen molar-refractivity contribution in [1.82, 2.24) is 4.90 Å². The fourth-order valence-electron chi connectivity index (χ4n) is 5.04. The molecule has 5 rings (SSSR count). The van der Waals surface area contributed by atoms with Crippen LogP contribution in [0.5, 0.6) is 0 Å². The van der Waals surface area contributed by atoms with E-state index in [-0.39, 0.29) is 27.9 Å². The maximum atomic E-state index is 13.5. The van der Waals surface area contributed by atoms with Crippen LogP contribution in [0, 0.1) is 0 Å². The van der Waals surface area contributed by atoms with Gasteiger partial charge >= 0.3 is 6.18 Å². The van der Waals surface area contributed by atoms with Crippen LogP contribution in [0.2, 0.25) is 0 Å². The second-order valence-electron chi connectivity index (χ2n) is 9.47. The summed E-state index contributed by atoms with van der Waals surface area (Å²) in [6.45, 7) is 4.97. The minimum Gasteiger partial charge on any atom is -0.455 e. The summed E-state index contributed by atoms with van der Waals surface area (Å²) in [6.07, 6.45) is -1.44. The molecule has 1 N–H and O–H groups in total. The Labute approximate surface area is 217 Å². The van der Waals surface area contributed by atoms with E-state index in [1.165, 1.54) is 37.1 Å². The Kier molecular flexibility index (Phi) is 7.08. The number of amides is 1. The van der Waals surface area contributed by atoms with Gasteiger partial charge in [0.05, 0.1) is 16.5 Å². The number of benzene rings is 3. The Bertz CT molecular complexity index is 1550. The molecule has 8 heteroatoms. The first-order valence-electron chi connectivity index (χ1n) is 12.6. The van der Waals surface area contributed by atoms with Gasteiger partial charge in [0.2, 0.25) is 0 Å². The van der Waals surface area contributed by atoms with Crippen molar-refractivity contribution < 1.29 is 22.4 Å².